The molecule has 0 saturated heterocycles. The largest absolute Gasteiger partial charge is 0.192 e. The summed E-state index contributed by atoms with van der Waals surface area (Å²) in [5, 5.41) is 17.7. The molecule has 0 unspecified atom stereocenters. The van der Waals surface area contributed by atoms with Gasteiger partial charge in [-0.1, -0.05) is 12.2 Å². The van der Waals surface area contributed by atoms with Crippen LogP contribution in [0.15, 0.2) is 24.3 Å². The van der Waals surface area contributed by atoms with Crippen LogP contribution in [0.3, 0.4) is 0 Å². The maximum Gasteiger partial charge on any atom is 0.101 e. The molecule has 0 saturated carbocycles. The molecule has 0 aliphatic heterocycles. The van der Waals surface area contributed by atoms with Crippen LogP contribution in [-0.2, 0) is 12.8 Å². The molecule has 1 aliphatic carbocycles. The molecule has 2 heteroatoms. The number of allylic oxidation sites excluding steroid dienone is 2. The molecule has 2 nitrogen and oxygen atoms in total. The Kier molecular flexibility index (Phi) is 2.05. The highest BCUT2D eigenvalue weighted by atomic mass is 14.3. The Morgan fingerprint density at radius 1 is 0.857 bits per heavy atom. The molecule has 14 heavy (non-hydrogen) atoms. The first kappa shape index (κ1) is 8.53. The second-order valence-electron chi connectivity index (χ2n) is 3.27. The van der Waals surface area contributed by atoms with E-state index in [9.17, 15) is 0 Å². The Morgan fingerprint density at radius 3 is 1.64 bits per heavy atom. The third-order valence-electron chi connectivity index (χ3n) is 2.42. The second-order valence-corrected chi connectivity index (χ2v) is 3.27. The van der Waals surface area contributed by atoms with E-state index >= 15 is 0 Å². The van der Waals surface area contributed by atoms with Crippen molar-refractivity contribution in [2.24, 2.45) is 0 Å². The summed E-state index contributed by atoms with van der Waals surface area (Å²) < 4.78 is 0. The summed E-state index contributed by atoms with van der Waals surface area (Å²) in [5.74, 6) is 0. The highest BCUT2D eigenvalue weighted by molar-refractivity contribution is 5.52. The van der Waals surface area contributed by atoms with E-state index in [0.717, 1.165) is 12.8 Å². The normalized spacial score (nSPS) is 12.7. The van der Waals surface area contributed by atoms with E-state index in [-0.39, 0.29) is 0 Å². The van der Waals surface area contributed by atoms with Gasteiger partial charge in [0.05, 0.1) is 11.1 Å². The van der Waals surface area contributed by atoms with Crippen molar-refractivity contribution in [3.63, 3.8) is 0 Å². The van der Waals surface area contributed by atoms with Gasteiger partial charge in [-0.25, -0.2) is 0 Å². The molecule has 0 heterocycles. The van der Waals surface area contributed by atoms with Gasteiger partial charge in [0.1, 0.15) is 12.1 Å². The first-order valence-electron chi connectivity index (χ1n) is 4.46. The molecular formula is C12H8N2. The lowest BCUT2D eigenvalue weighted by Crippen LogP contribution is -1.99. The first-order valence-corrected chi connectivity index (χ1v) is 4.46. The molecule has 2 rings (SSSR count). The number of hydrogen-bond donors (Lipinski definition) is 0. The summed E-state index contributed by atoms with van der Waals surface area (Å²) >= 11 is 0. The van der Waals surface area contributed by atoms with Crippen molar-refractivity contribution >= 4 is 0 Å². The summed E-state index contributed by atoms with van der Waals surface area (Å²) in [6.45, 7) is 0. The maximum absolute atomic E-state index is 8.83. The van der Waals surface area contributed by atoms with Crippen molar-refractivity contribution in [1.82, 2.24) is 0 Å². The van der Waals surface area contributed by atoms with Crippen molar-refractivity contribution in [1.29, 1.82) is 10.5 Å². The molecule has 66 valence electrons. The number of hydrogen-bond acceptors (Lipinski definition) is 2. The lowest BCUT2D eigenvalue weighted by molar-refractivity contribution is 1.09. The van der Waals surface area contributed by atoms with Crippen molar-refractivity contribution in [3.05, 3.63) is 46.5 Å². The van der Waals surface area contributed by atoms with E-state index in [2.05, 4.69) is 24.3 Å². The average molecular weight is 180 g/mol. The smallest absolute Gasteiger partial charge is 0.101 e. The SMILES string of the molecule is N#Cc1cc2c(cc1C#N)CC=CC2. The van der Waals surface area contributed by atoms with Gasteiger partial charge in [-0.05, 0) is 36.1 Å². The van der Waals surface area contributed by atoms with Crippen LogP contribution in [0.1, 0.15) is 22.3 Å². The minimum absolute atomic E-state index is 0.488. The Labute approximate surface area is 82.7 Å². The second kappa shape index (κ2) is 3.36. The van der Waals surface area contributed by atoms with Gasteiger partial charge in [0.15, 0.2) is 0 Å². The van der Waals surface area contributed by atoms with Crippen LogP contribution >= 0.6 is 0 Å². The number of nitriles is 2. The molecule has 0 N–H and O–H groups in total. The fourth-order valence-electron chi connectivity index (χ4n) is 1.68. The molecule has 0 amide bonds. The number of benzene rings is 1. The van der Waals surface area contributed by atoms with Crippen molar-refractivity contribution in [3.8, 4) is 12.1 Å². The topological polar surface area (TPSA) is 47.6 Å². The third kappa shape index (κ3) is 1.28. The van der Waals surface area contributed by atoms with Crippen LogP contribution < -0.4 is 0 Å². The first-order chi connectivity index (χ1) is 6.85. The zero-order valence-electron chi connectivity index (χ0n) is 7.62. The predicted molar refractivity (Wildman–Crippen MR) is 52.4 cm³/mol. The number of nitrogens with zero attached hydrogens (tertiary/aromatic N) is 2. The van der Waals surface area contributed by atoms with Gasteiger partial charge < -0.3 is 0 Å². The monoisotopic (exact) mass is 180 g/mol. The quantitative estimate of drug-likeness (QED) is 0.574. The minimum atomic E-state index is 0.488. The van der Waals surface area contributed by atoms with Crippen LogP contribution in [0.25, 0.3) is 0 Å². The van der Waals surface area contributed by atoms with E-state index in [4.69, 9.17) is 10.5 Å². The summed E-state index contributed by atoms with van der Waals surface area (Å²) in [6, 6.07) is 7.76. The van der Waals surface area contributed by atoms with Crippen molar-refractivity contribution < 1.29 is 0 Å². The zero-order chi connectivity index (χ0) is 9.97. The molecule has 0 fully saturated rings. The van der Waals surface area contributed by atoms with Crippen LogP contribution in [-0.4, -0.2) is 0 Å². The molecule has 0 bridgehead atoms. The molecule has 1 aromatic carbocycles. The zero-order valence-corrected chi connectivity index (χ0v) is 7.62. The molecular weight excluding hydrogens is 172 g/mol. The Bertz CT molecular complexity index is 439. The molecule has 0 radical (unpaired) electrons. The van der Waals surface area contributed by atoms with Gasteiger partial charge in [0, 0.05) is 0 Å². The standard InChI is InChI=1S/C12H8N2/c13-7-11-5-9-3-1-2-4-10(9)6-12(11)8-14/h1-2,5-6H,3-4H2. The fourth-order valence-corrected chi connectivity index (χ4v) is 1.68. The van der Waals surface area contributed by atoms with Gasteiger partial charge in [-0.2, -0.15) is 10.5 Å². The molecule has 1 aromatic rings. The molecule has 1 aliphatic rings. The Morgan fingerprint density at radius 2 is 1.29 bits per heavy atom. The summed E-state index contributed by atoms with van der Waals surface area (Å²) in [5.41, 5.74) is 3.31. The summed E-state index contributed by atoms with van der Waals surface area (Å²) in [7, 11) is 0. The molecule has 0 atom stereocenters. The Balaban J connectivity index is 2.60. The van der Waals surface area contributed by atoms with Crippen LogP contribution in [0.2, 0.25) is 0 Å². The highest BCUT2D eigenvalue weighted by Crippen LogP contribution is 2.20. The molecule has 0 aromatic heterocycles. The van der Waals surface area contributed by atoms with E-state index in [0.29, 0.717) is 11.1 Å². The molecule has 0 spiro atoms. The van der Waals surface area contributed by atoms with Gasteiger partial charge in [0.25, 0.3) is 0 Å². The Hall–Kier alpha value is -2.06. The van der Waals surface area contributed by atoms with Gasteiger partial charge >= 0.3 is 0 Å². The van der Waals surface area contributed by atoms with Gasteiger partial charge in [-0.15, -0.1) is 0 Å². The average Bonchev–Trinajstić information content (AvgIpc) is 2.27. The van der Waals surface area contributed by atoms with Crippen molar-refractivity contribution in [2.75, 3.05) is 0 Å². The summed E-state index contributed by atoms with van der Waals surface area (Å²) in [6.07, 6.45) is 5.93. The van der Waals surface area contributed by atoms with Crippen molar-refractivity contribution in [2.45, 2.75) is 12.8 Å². The predicted octanol–water partition coefficient (Wildman–Crippen LogP) is 2.08. The van der Waals surface area contributed by atoms with Crippen LogP contribution in [0.4, 0.5) is 0 Å². The highest BCUT2D eigenvalue weighted by Gasteiger charge is 2.09. The van der Waals surface area contributed by atoms with E-state index < -0.39 is 0 Å². The van der Waals surface area contributed by atoms with Gasteiger partial charge in [-0.3, -0.25) is 0 Å². The minimum Gasteiger partial charge on any atom is -0.192 e. The maximum atomic E-state index is 8.83. The van der Waals surface area contributed by atoms with Gasteiger partial charge in [0.2, 0.25) is 0 Å². The van der Waals surface area contributed by atoms with Crippen LogP contribution in [0, 0.1) is 22.7 Å². The third-order valence-corrected chi connectivity index (χ3v) is 2.42. The lowest BCUT2D eigenvalue weighted by Gasteiger charge is -2.11. The number of fused-ring (bicyclic) bond motifs is 1. The van der Waals surface area contributed by atoms with E-state index in [1.807, 2.05) is 12.1 Å². The number of rotatable bonds is 0. The van der Waals surface area contributed by atoms with Crippen LogP contribution in [0.5, 0.6) is 0 Å². The lowest BCUT2D eigenvalue weighted by atomic mass is 9.92. The van der Waals surface area contributed by atoms with E-state index in [1.165, 1.54) is 11.1 Å². The van der Waals surface area contributed by atoms with E-state index in [1.54, 1.807) is 0 Å². The fraction of sp³-hybridized carbons (Fsp3) is 0.167. The summed E-state index contributed by atoms with van der Waals surface area (Å²) in [4.78, 5) is 0.